The van der Waals surface area contributed by atoms with Gasteiger partial charge < -0.3 is 9.11 Å². The van der Waals surface area contributed by atoms with Gasteiger partial charge in [0, 0.05) is 0 Å². The van der Waals surface area contributed by atoms with Gasteiger partial charge in [0.25, 0.3) is 0 Å². The Morgan fingerprint density at radius 2 is 0.310 bits per heavy atom. The van der Waals surface area contributed by atoms with E-state index < -0.39 is 20.8 Å². The zero-order chi connectivity index (χ0) is 63.1. The van der Waals surface area contributed by atoms with Gasteiger partial charge >= 0.3 is 37.7 Å². The van der Waals surface area contributed by atoms with E-state index in [1.54, 1.807) is 0 Å². The quantitative estimate of drug-likeness (QED) is 0.0254. The van der Waals surface area contributed by atoms with Crippen LogP contribution in [0.5, 0.6) is 0 Å². The smallest absolute Gasteiger partial charge is 0.726 e. The van der Waals surface area contributed by atoms with Gasteiger partial charge in [0.05, 0.1) is 13.2 Å². The fourth-order valence-corrected chi connectivity index (χ4v) is 13.6. The maximum atomic E-state index is 11.0. The molecular formula is C76H154CaO8S2. The molecule has 0 aromatic rings. The van der Waals surface area contributed by atoms with Crippen molar-refractivity contribution in [2.75, 3.05) is 13.2 Å². The van der Waals surface area contributed by atoms with E-state index in [0.717, 1.165) is 51.4 Å². The predicted molar refractivity (Wildman–Crippen MR) is 381 cm³/mol. The topological polar surface area (TPSA) is 133 Å². The summed E-state index contributed by atoms with van der Waals surface area (Å²) in [5.41, 5.74) is 0. The van der Waals surface area contributed by atoms with Gasteiger partial charge in [-0.05, 0) is 37.5 Å². The average Bonchev–Trinajstić information content (AvgIpc) is 3.57. The van der Waals surface area contributed by atoms with Crippen molar-refractivity contribution in [3.8, 4) is 0 Å². The number of unbranched alkanes of at least 4 members (excludes halogenated alkanes) is 60. The van der Waals surface area contributed by atoms with E-state index in [0.29, 0.717) is 0 Å². The minimum absolute atomic E-state index is 0. The molecule has 0 aliphatic heterocycles. The third-order valence-electron chi connectivity index (χ3n) is 18.8. The van der Waals surface area contributed by atoms with Crippen LogP contribution >= 0.6 is 0 Å². The van der Waals surface area contributed by atoms with Gasteiger partial charge in [-0.1, -0.05) is 439 Å². The fourth-order valence-electron chi connectivity index (χ4n) is 12.9. The van der Waals surface area contributed by atoms with Gasteiger partial charge in [0.15, 0.2) is 0 Å². The maximum absolute atomic E-state index is 11.0. The summed E-state index contributed by atoms with van der Waals surface area (Å²) in [6.07, 6.45) is 90.8. The SMILES string of the molecule is CCCCCCCCCCCCCCCCCCCCCCC(CCCCCCCCCCCCCC)COS(=O)(=O)[O-].CCCCCCCCCCCCCCCCCCCCCCC(CCCCCCCCCCCCCC)COS(=O)(=O)[O-].[Ca+2]. The molecule has 0 spiro atoms. The van der Waals surface area contributed by atoms with Crippen LogP contribution < -0.4 is 0 Å². The van der Waals surface area contributed by atoms with Crippen molar-refractivity contribution in [2.45, 2.75) is 464 Å². The minimum atomic E-state index is -4.59. The van der Waals surface area contributed by atoms with E-state index in [4.69, 9.17) is 0 Å². The monoisotopic (exact) mass is 1300 g/mol. The van der Waals surface area contributed by atoms with E-state index in [9.17, 15) is 25.9 Å². The van der Waals surface area contributed by atoms with Crippen LogP contribution in [0.2, 0.25) is 0 Å². The van der Waals surface area contributed by atoms with Crippen molar-refractivity contribution in [1.29, 1.82) is 0 Å². The molecule has 2 atom stereocenters. The average molecular weight is 1300 g/mol. The second kappa shape index (κ2) is 77.7. The van der Waals surface area contributed by atoms with Gasteiger partial charge in [0.1, 0.15) is 0 Å². The zero-order valence-electron chi connectivity index (χ0n) is 59.4. The van der Waals surface area contributed by atoms with Gasteiger partial charge in [0.2, 0.25) is 20.8 Å². The summed E-state index contributed by atoms with van der Waals surface area (Å²) in [6.45, 7) is 9.26. The Bertz CT molecular complexity index is 1360. The first kappa shape index (κ1) is 92.2. The third-order valence-corrected chi connectivity index (χ3v) is 19.6. The van der Waals surface area contributed by atoms with Gasteiger partial charge in [-0.2, -0.15) is 0 Å². The van der Waals surface area contributed by atoms with Crippen LogP contribution in [0, 0.1) is 11.8 Å². The zero-order valence-corrected chi connectivity index (χ0v) is 63.3. The Morgan fingerprint density at radius 1 is 0.207 bits per heavy atom. The third kappa shape index (κ3) is 87.0. The molecule has 0 saturated carbocycles. The molecule has 2 unspecified atom stereocenters. The molecule has 11 heteroatoms. The van der Waals surface area contributed by atoms with Crippen LogP contribution in [0.1, 0.15) is 464 Å². The van der Waals surface area contributed by atoms with E-state index in [1.807, 2.05) is 0 Å². The summed E-state index contributed by atoms with van der Waals surface area (Å²) in [7, 11) is -9.18. The predicted octanol–water partition coefficient (Wildman–Crippen LogP) is 26.4. The van der Waals surface area contributed by atoms with Crippen molar-refractivity contribution < 1.29 is 34.3 Å². The van der Waals surface area contributed by atoms with Crippen molar-refractivity contribution in [2.24, 2.45) is 11.8 Å². The van der Waals surface area contributed by atoms with Crippen molar-refractivity contribution in [3.63, 3.8) is 0 Å². The second-order valence-corrected chi connectivity index (χ2v) is 29.6. The molecule has 8 nitrogen and oxygen atoms in total. The molecule has 0 N–H and O–H groups in total. The molecule has 0 aliphatic carbocycles. The summed E-state index contributed by atoms with van der Waals surface area (Å²) in [6, 6.07) is 0. The molecule has 0 aliphatic rings. The van der Waals surface area contributed by atoms with Crippen molar-refractivity contribution in [1.82, 2.24) is 0 Å². The van der Waals surface area contributed by atoms with Crippen LogP contribution in [0.15, 0.2) is 0 Å². The molecule has 0 radical (unpaired) electrons. The van der Waals surface area contributed by atoms with Gasteiger partial charge in [-0.25, -0.2) is 16.8 Å². The number of hydrogen-bond donors (Lipinski definition) is 0. The molecule has 0 aromatic carbocycles. The Labute approximate surface area is 577 Å². The molecule has 0 heterocycles. The molecule has 0 bridgehead atoms. The van der Waals surface area contributed by atoms with E-state index in [2.05, 4.69) is 36.1 Å². The van der Waals surface area contributed by atoms with Crippen molar-refractivity contribution in [3.05, 3.63) is 0 Å². The van der Waals surface area contributed by atoms with Crippen LogP contribution in [0.3, 0.4) is 0 Å². The molecule has 0 fully saturated rings. The maximum Gasteiger partial charge on any atom is 2.00 e. The molecular weight excluding hydrogens is 1150 g/mol. The molecule has 0 aromatic heterocycles. The first-order chi connectivity index (χ1) is 42.0. The molecule has 0 saturated heterocycles. The molecule has 87 heavy (non-hydrogen) atoms. The van der Waals surface area contributed by atoms with E-state index >= 15 is 0 Å². The summed E-state index contributed by atoms with van der Waals surface area (Å²) < 4.78 is 75.3. The Hall–Kier alpha value is 1.000. The Kier molecular flexibility index (Phi) is 82.3. The van der Waals surface area contributed by atoms with Crippen LogP contribution in [-0.4, -0.2) is 76.9 Å². The second-order valence-electron chi connectivity index (χ2n) is 27.5. The molecule has 0 rings (SSSR count). The number of rotatable bonds is 74. The normalized spacial score (nSPS) is 12.6. The largest absolute Gasteiger partial charge is 2.00 e. The summed E-state index contributed by atoms with van der Waals surface area (Å²) in [4.78, 5) is 0. The first-order valence-corrected chi connectivity index (χ1v) is 41.9. The van der Waals surface area contributed by atoms with Crippen LogP contribution in [-0.2, 0) is 29.2 Å². The molecule has 0 amide bonds. The Morgan fingerprint density at radius 3 is 0.414 bits per heavy atom. The standard InChI is InChI=1S/2C38H78O4S.Ca/c2*1-3-5-7-9-11-13-15-17-18-19-20-21-22-23-24-26-28-30-32-34-36-38(37-42-43(39,40)41)35-33-31-29-27-25-16-14-12-10-8-6-4-2;/h2*38H,3-37H2,1-2H3,(H,39,40,41);/q;;+2/p-2. The van der Waals surface area contributed by atoms with Crippen LogP contribution in [0.4, 0.5) is 0 Å². The summed E-state index contributed by atoms with van der Waals surface area (Å²) in [5, 5.41) is 0. The fraction of sp³-hybridized carbons (Fsp3) is 1.00. The Balaban J connectivity index is -0.00000160. The summed E-state index contributed by atoms with van der Waals surface area (Å²) >= 11 is 0. The minimum Gasteiger partial charge on any atom is -0.726 e. The van der Waals surface area contributed by atoms with Crippen molar-refractivity contribution >= 4 is 58.5 Å². The number of hydrogen-bond acceptors (Lipinski definition) is 8. The van der Waals surface area contributed by atoms with E-state index in [-0.39, 0.29) is 62.8 Å². The first-order valence-electron chi connectivity index (χ1n) is 39.2. The van der Waals surface area contributed by atoms with E-state index in [1.165, 1.54) is 385 Å². The van der Waals surface area contributed by atoms with Gasteiger partial charge in [-0.3, -0.25) is 8.37 Å². The molecule has 520 valence electrons. The summed E-state index contributed by atoms with van der Waals surface area (Å²) in [5.74, 6) is 0.393. The van der Waals surface area contributed by atoms with Crippen LogP contribution in [0.25, 0.3) is 0 Å². The van der Waals surface area contributed by atoms with Gasteiger partial charge in [-0.15, -0.1) is 0 Å².